The number of aliphatic hydroxyl groups is 1. The van der Waals surface area contributed by atoms with Crippen molar-refractivity contribution in [1.29, 1.82) is 0 Å². The van der Waals surface area contributed by atoms with Gasteiger partial charge in [-0.3, -0.25) is 0 Å². The van der Waals surface area contributed by atoms with Crippen LogP contribution in [0.25, 0.3) is 11.1 Å². The summed E-state index contributed by atoms with van der Waals surface area (Å²) in [7, 11) is 0. The van der Waals surface area contributed by atoms with Crippen molar-refractivity contribution < 1.29 is 9.50 Å². The first-order valence-electron chi connectivity index (χ1n) is 4.72. The van der Waals surface area contributed by atoms with Gasteiger partial charge < -0.3 is 5.11 Å². The Bertz CT molecular complexity index is 499. The van der Waals surface area contributed by atoms with Gasteiger partial charge in [-0.1, -0.05) is 23.7 Å². The van der Waals surface area contributed by atoms with E-state index in [2.05, 4.69) is 4.98 Å². The highest BCUT2D eigenvalue weighted by Crippen LogP contribution is 2.29. The van der Waals surface area contributed by atoms with Crippen molar-refractivity contribution in [3.8, 4) is 11.1 Å². The molecule has 16 heavy (non-hydrogen) atoms. The molecule has 0 aliphatic rings. The molecule has 1 heterocycles. The van der Waals surface area contributed by atoms with Crippen LogP contribution in [0.1, 0.15) is 5.56 Å². The molecule has 0 aliphatic carbocycles. The predicted molar refractivity (Wildman–Crippen MR) is 60.6 cm³/mol. The van der Waals surface area contributed by atoms with Crippen molar-refractivity contribution in [3.05, 3.63) is 53.1 Å². The SMILES string of the molecule is OCc1ccnc(Cl)c1-c1ccc(F)cc1. The minimum absolute atomic E-state index is 0.130. The zero-order chi connectivity index (χ0) is 11.5. The van der Waals surface area contributed by atoms with Crippen LogP contribution in [0.4, 0.5) is 4.39 Å². The fraction of sp³-hybridized carbons (Fsp3) is 0.0833. The van der Waals surface area contributed by atoms with Crippen LogP contribution >= 0.6 is 11.6 Å². The monoisotopic (exact) mass is 237 g/mol. The van der Waals surface area contributed by atoms with Crippen molar-refractivity contribution in [2.24, 2.45) is 0 Å². The normalized spacial score (nSPS) is 10.4. The molecule has 0 fully saturated rings. The largest absolute Gasteiger partial charge is 0.392 e. The summed E-state index contributed by atoms with van der Waals surface area (Å²) in [5.41, 5.74) is 2.06. The van der Waals surface area contributed by atoms with Crippen LogP contribution in [-0.2, 0) is 6.61 Å². The maximum atomic E-state index is 12.8. The Morgan fingerprint density at radius 2 is 1.88 bits per heavy atom. The molecule has 0 bridgehead atoms. The van der Waals surface area contributed by atoms with Crippen molar-refractivity contribution in [2.45, 2.75) is 6.61 Å². The first kappa shape index (κ1) is 11.0. The number of halogens is 2. The highest BCUT2D eigenvalue weighted by Gasteiger charge is 2.09. The summed E-state index contributed by atoms with van der Waals surface area (Å²) >= 11 is 5.97. The summed E-state index contributed by atoms with van der Waals surface area (Å²) in [6.07, 6.45) is 1.53. The van der Waals surface area contributed by atoms with E-state index in [0.29, 0.717) is 16.3 Å². The Kier molecular flexibility index (Phi) is 3.17. The van der Waals surface area contributed by atoms with Gasteiger partial charge in [0.15, 0.2) is 0 Å². The Labute approximate surface area is 97.3 Å². The van der Waals surface area contributed by atoms with E-state index in [0.717, 1.165) is 5.56 Å². The molecular formula is C12H9ClFNO. The van der Waals surface area contributed by atoms with E-state index < -0.39 is 0 Å². The van der Waals surface area contributed by atoms with E-state index in [1.807, 2.05) is 0 Å². The first-order valence-corrected chi connectivity index (χ1v) is 5.10. The minimum atomic E-state index is -0.311. The Balaban J connectivity index is 2.58. The lowest BCUT2D eigenvalue weighted by Crippen LogP contribution is -1.92. The standard InChI is InChI=1S/C12H9ClFNO/c13-12-11(9(7-16)5-6-15-12)8-1-3-10(14)4-2-8/h1-6,16H,7H2. The van der Waals surface area contributed by atoms with Gasteiger partial charge in [0, 0.05) is 11.8 Å². The molecule has 0 unspecified atom stereocenters. The van der Waals surface area contributed by atoms with E-state index in [9.17, 15) is 9.50 Å². The van der Waals surface area contributed by atoms with Gasteiger partial charge in [-0.25, -0.2) is 9.37 Å². The number of hydrogen-bond acceptors (Lipinski definition) is 2. The van der Waals surface area contributed by atoms with Gasteiger partial charge in [-0.2, -0.15) is 0 Å². The van der Waals surface area contributed by atoms with E-state index in [1.165, 1.54) is 18.3 Å². The fourth-order valence-corrected chi connectivity index (χ4v) is 1.81. The van der Waals surface area contributed by atoms with E-state index in [4.69, 9.17) is 11.6 Å². The van der Waals surface area contributed by atoms with Crippen molar-refractivity contribution >= 4 is 11.6 Å². The molecule has 1 aromatic heterocycles. The van der Waals surface area contributed by atoms with Crippen molar-refractivity contribution in [1.82, 2.24) is 4.98 Å². The minimum Gasteiger partial charge on any atom is -0.392 e. The molecule has 2 rings (SSSR count). The molecule has 4 heteroatoms. The van der Waals surface area contributed by atoms with Crippen molar-refractivity contribution in [3.63, 3.8) is 0 Å². The average Bonchev–Trinajstić information content (AvgIpc) is 2.30. The zero-order valence-electron chi connectivity index (χ0n) is 8.32. The second-order valence-electron chi connectivity index (χ2n) is 3.30. The first-order chi connectivity index (χ1) is 7.72. The smallest absolute Gasteiger partial charge is 0.137 e. The van der Waals surface area contributed by atoms with Gasteiger partial charge in [0.05, 0.1) is 6.61 Å². The molecule has 0 radical (unpaired) electrons. The summed E-state index contributed by atoms with van der Waals surface area (Å²) in [5, 5.41) is 9.50. The molecule has 82 valence electrons. The molecule has 0 amide bonds. The maximum Gasteiger partial charge on any atom is 0.137 e. The molecule has 0 spiro atoms. The van der Waals surface area contributed by atoms with Gasteiger partial charge in [-0.05, 0) is 29.3 Å². The second-order valence-corrected chi connectivity index (χ2v) is 3.66. The van der Waals surface area contributed by atoms with Crippen LogP contribution in [0.3, 0.4) is 0 Å². The molecule has 0 saturated heterocycles. The summed E-state index contributed by atoms with van der Waals surface area (Å²) in [5.74, 6) is -0.311. The van der Waals surface area contributed by atoms with Gasteiger partial charge >= 0.3 is 0 Å². The van der Waals surface area contributed by atoms with Crippen LogP contribution in [0.15, 0.2) is 36.5 Å². The maximum absolute atomic E-state index is 12.8. The van der Waals surface area contributed by atoms with Crippen LogP contribution in [0, 0.1) is 5.82 Å². The summed E-state index contributed by atoms with van der Waals surface area (Å²) in [4.78, 5) is 3.95. The zero-order valence-corrected chi connectivity index (χ0v) is 9.08. The van der Waals surface area contributed by atoms with Crippen LogP contribution in [0.5, 0.6) is 0 Å². The van der Waals surface area contributed by atoms with Gasteiger partial charge in [0.25, 0.3) is 0 Å². The highest BCUT2D eigenvalue weighted by atomic mass is 35.5. The lowest BCUT2D eigenvalue weighted by molar-refractivity contribution is 0.282. The van der Waals surface area contributed by atoms with E-state index in [1.54, 1.807) is 18.2 Å². The summed E-state index contributed by atoms with van der Waals surface area (Å²) in [6.45, 7) is -0.130. The summed E-state index contributed by atoms with van der Waals surface area (Å²) in [6, 6.07) is 7.60. The van der Waals surface area contributed by atoms with E-state index >= 15 is 0 Å². The topological polar surface area (TPSA) is 33.1 Å². The van der Waals surface area contributed by atoms with Gasteiger partial charge in [0.1, 0.15) is 11.0 Å². The predicted octanol–water partition coefficient (Wildman–Crippen LogP) is 3.03. The molecule has 2 nitrogen and oxygen atoms in total. The Hall–Kier alpha value is -1.45. The third-order valence-corrected chi connectivity index (χ3v) is 2.58. The number of benzene rings is 1. The number of hydrogen-bond donors (Lipinski definition) is 1. The average molecular weight is 238 g/mol. The van der Waals surface area contributed by atoms with Crippen molar-refractivity contribution in [2.75, 3.05) is 0 Å². The molecule has 0 atom stereocenters. The molecule has 2 aromatic rings. The van der Waals surface area contributed by atoms with E-state index in [-0.39, 0.29) is 12.4 Å². The molecule has 1 N–H and O–H groups in total. The molecule has 0 saturated carbocycles. The molecule has 0 aliphatic heterocycles. The number of aliphatic hydroxyl groups excluding tert-OH is 1. The summed E-state index contributed by atoms with van der Waals surface area (Å²) < 4.78 is 12.8. The van der Waals surface area contributed by atoms with Crippen LogP contribution in [0.2, 0.25) is 5.15 Å². The quantitative estimate of drug-likeness (QED) is 0.815. The number of nitrogens with zero attached hydrogens (tertiary/aromatic N) is 1. The lowest BCUT2D eigenvalue weighted by Gasteiger charge is -2.08. The Morgan fingerprint density at radius 3 is 2.50 bits per heavy atom. The molecule has 1 aromatic carbocycles. The third-order valence-electron chi connectivity index (χ3n) is 2.29. The second kappa shape index (κ2) is 4.60. The third kappa shape index (κ3) is 2.05. The lowest BCUT2D eigenvalue weighted by atomic mass is 10.0. The van der Waals surface area contributed by atoms with Gasteiger partial charge in [-0.15, -0.1) is 0 Å². The number of pyridine rings is 1. The fourth-order valence-electron chi connectivity index (χ4n) is 1.53. The number of aromatic nitrogens is 1. The number of rotatable bonds is 2. The highest BCUT2D eigenvalue weighted by molar-refractivity contribution is 6.32. The van der Waals surface area contributed by atoms with Crippen LogP contribution in [-0.4, -0.2) is 10.1 Å². The Morgan fingerprint density at radius 1 is 1.19 bits per heavy atom. The van der Waals surface area contributed by atoms with Gasteiger partial charge in [0.2, 0.25) is 0 Å². The van der Waals surface area contributed by atoms with Crippen LogP contribution < -0.4 is 0 Å². The molecular weight excluding hydrogens is 229 g/mol.